The summed E-state index contributed by atoms with van der Waals surface area (Å²) in [6, 6.07) is 6.62. The van der Waals surface area contributed by atoms with E-state index < -0.39 is 70.6 Å². The Hall–Kier alpha value is -4.02. The normalized spacial score (nSPS) is 17.4. The number of hydrogen-bond donors (Lipinski definition) is 3. The van der Waals surface area contributed by atoms with E-state index in [1.54, 1.807) is 52.0 Å². The number of rotatable bonds is 7. The molecule has 4 amide bonds. The molecular weight excluding hydrogens is 498 g/mol. The molecule has 1 aliphatic rings. The Labute approximate surface area is 219 Å². The highest BCUT2D eigenvalue weighted by atomic mass is 19.1. The summed E-state index contributed by atoms with van der Waals surface area (Å²) in [5.74, 6) is -4.50. The third kappa shape index (κ3) is 5.18. The molecule has 0 saturated heterocycles. The van der Waals surface area contributed by atoms with Crippen LogP contribution in [0.1, 0.15) is 40.2 Å². The van der Waals surface area contributed by atoms with Crippen molar-refractivity contribution in [3.63, 3.8) is 0 Å². The highest BCUT2D eigenvalue weighted by Gasteiger charge is 2.52. The van der Waals surface area contributed by atoms with E-state index in [2.05, 4.69) is 10.6 Å². The Kier molecular flexibility index (Phi) is 8.09. The van der Waals surface area contributed by atoms with Gasteiger partial charge in [-0.25, -0.2) is 13.6 Å². The van der Waals surface area contributed by atoms with Crippen molar-refractivity contribution in [1.82, 2.24) is 10.2 Å². The SMILES string of the molecule is CC(C)[C@H](NC(=O)[C@H](C)N(C)C(=O)O)C(=O)N1c2ccccc2C(C)(C)[C@@H]1C(=O)Nc1c(F)cccc1F. The van der Waals surface area contributed by atoms with Crippen molar-refractivity contribution in [3.05, 3.63) is 59.7 Å². The van der Waals surface area contributed by atoms with E-state index in [0.717, 1.165) is 17.0 Å². The van der Waals surface area contributed by atoms with Gasteiger partial charge in [0.1, 0.15) is 35.4 Å². The second-order valence-corrected chi connectivity index (χ2v) is 10.2. The number of hydrogen-bond acceptors (Lipinski definition) is 4. The maximum absolute atomic E-state index is 14.4. The van der Waals surface area contributed by atoms with Gasteiger partial charge in [0.2, 0.25) is 11.8 Å². The minimum absolute atomic E-state index is 0.423. The number of para-hydroxylation sites is 2. The van der Waals surface area contributed by atoms with Crippen molar-refractivity contribution in [2.24, 2.45) is 5.92 Å². The molecule has 1 heterocycles. The van der Waals surface area contributed by atoms with Crippen molar-refractivity contribution in [2.75, 3.05) is 17.3 Å². The van der Waals surface area contributed by atoms with Gasteiger partial charge in [0, 0.05) is 18.2 Å². The first-order valence-corrected chi connectivity index (χ1v) is 12.1. The molecule has 0 spiro atoms. The van der Waals surface area contributed by atoms with E-state index in [9.17, 15) is 33.1 Å². The predicted molar refractivity (Wildman–Crippen MR) is 138 cm³/mol. The number of carbonyl (C=O) groups excluding carboxylic acids is 3. The largest absolute Gasteiger partial charge is 0.465 e. The van der Waals surface area contributed by atoms with Crippen molar-refractivity contribution in [1.29, 1.82) is 0 Å². The highest BCUT2D eigenvalue weighted by molar-refractivity contribution is 6.11. The summed E-state index contributed by atoms with van der Waals surface area (Å²) in [6.45, 7) is 8.28. The molecular formula is C27H32F2N4O5. The summed E-state index contributed by atoms with van der Waals surface area (Å²) in [5, 5.41) is 14.2. The molecule has 0 saturated carbocycles. The van der Waals surface area contributed by atoms with Crippen LogP contribution < -0.4 is 15.5 Å². The molecule has 0 bridgehead atoms. The molecule has 3 N–H and O–H groups in total. The average molecular weight is 531 g/mol. The number of nitrogens with one attached hydrogen (secondary N) is 2. The fourth-order valence-corrected chi connectivity index (χ4v) is 4.62. The van der Waals surface area contributed by atoms with Gasteiger partial charge in [0.25, 0.3) is 5.91 Å². The number of likely N-dealkylation sites (N-methyl/N-ethyl adjacent to an activating group) is 1. The zero-order valence-electron chi connectivity index (χ0n) is 22.1. The Bertz CT molecular complexity index is 1250. The topological polar surface area (TPSA) is 119 Å². The molecule has 0 aromatic heterocycles. The smallest absolute Gasteiger partial charge is 0.407 e. The van der Waals surface area contributed by atoms with E-state index in [1.807, 2.05) is 0 Å². The van der Waals surface area contributed by atoms with Crippen molar-refractivity contribution < 1.29 is 33.1 Å². The van der Waals surface area contributed by atoms with Crippen LogP contribution in [0.3, 0.4) is 0 Å². The van der Waals surface area contributed by atoms with Gasteiger partial charge in [-0.15, -0.1) is 0 Å². The fourth-order valence-electron chi connectivity index (χ4n) is 4.62. The minimum Gasteiger partial charge on any atom is -0.465 e. The zero-order chi connectivity index (χ0) is 28.5. The van der Waals surface area contributed by atoms with Crippen LogP contribution in [0, 0.1) is 17.6 Å². The Balaban J connectivity index is 2.03. The first-order valence-electron chi connectivity index (χ1n) is 12.1. The molecule has 0 radical (unpaired) electrons. The number of carbonyl (C=O) groups is 4. The predicted octanol–water partition coefficient (Wildman–Crippen LogP) is 3.74. The highest BCUT2D eigenvalue weighted by Crippen LogP contribution is 2.46. The van der Waals surface area contributed by atoms with Gasteiger partial charge < -0.3 is 15.7 Å². The first kappa shape index (κ1) is 28.5. The molecule has 0 unspecified atom stereocenters. The third-order valence-corrected chi connectivity index (χ3v) is 6.99. The second-order valence-electron chi connectivity index (χ2n) is 10.2. The molecule has 1 aliphatic heterocycles. The Morgan fingerprint density at radius 3 is 2.13 bits per heavy atom. The van der Waals surface area contributed by atoms with Crippen LogP contribution in [-0.2, 0) is 19.8 Å². The van der Waals surface area contributed by atoms with Gasteiger partial charge in [-0.05, 0) is 36.6 Å². The monoisotopic (exact) mass is 530 g/mol. The van der Waals surface area contributed by atoms with E-state index >= 15 is 0 Å². The van der Waals surface area contributed by atoms with E-state index in [-0.39, 0.29) is 0 Å². The summed E-state index contributed by atoms with van der Waals surface area (Å²) >= 11 is 0. The summed E-state index contributed by atoms with van der Waals surface area (Å²) < 4.78 is 28.7. The standard InChI is InChI=1S/C27H32F2N4O5/c1-14(2)20(30-23(34)15(3)32(6)26(37)38)25(36)33-19-13-8-7-10-16(19)27(4,5)22(33)24(35)31-21-17(28)11-9-12-18(21)29/h7-15,20,22H,1-6H3,(H,30,34)(H,31,35)(H,37,38)/t15-,20-,22-/m0/s1. The zero-order valence-corrected chi connectivity index (χ0v) is 22.1. The fraction of sp³-hybridized carbons (Fsp3) is 0.407. The maximum Gasteiger partial charge on any atom is 0.407 e. The molecule has 2 aromatic rings. The molecule has 0 aliphatic carbocycles. The van der Waals surface area contributed by atoms with Gasteiger partial charge >= 0.3 is 6.09 Å². The molecule has 204 valence electrons. The number of amides is 4. The maximum atomic E-state index is 14.4. The van der Waals surface area contributed by atoms with Gasteiger partial charge in [-0.1, -0.05) is 52.0 Å². The van der Waals surface area contributed by atoms with Crippen LogP contribution in [-0.4, -0.2) is 59.0 Å². The number of anilines is 2. The summed E-state index contributed by atoms with van der Waals surface area (Å²) in [6.07, 6.45) is -1.31. The lowest BCUT2D eigenvalue weighted by molar-refractivity contribution is -0.131. The summed E-state index contributed by atoms with van der Waals surface area (Å²) in [4.78, 5) is 53.9. The van der Waals surface area contributed by atoms with Crippen LogP contribution in [0.5, 0.6) is 0 Å². The van der Waals surface area contributed by atoms with Crippen LogP contribution in [0.4, 0.5) is 25.0 Å². The van der Waals surface area contributed by atoms with Gasteiger partial charge in [0.05, 0.1) is 0 Å². The number of halogens is 2. The van der Waals surface area contributed by atoms with Crippen molar-refractivity contribution in [2.45, 2.75) is 58.2 Å². The number of nitrogens with zero attached hydrogens (tertiary/aromatic N) is 2. The Morgan fingerprint density at radius 1 is 1.00 bits per heavy atom. The van der Waals surface area contributed by atoms with Gasteiger partial charge in [-0.2, -0.15) is 0 Å². The first-order chi connectivity index (χ1) is 17.7. The van der Waals surface area contributed by atoms with Gasteiger partial charge in [0.15, 0.2) is 0 Å². The number of carboxylic acid groups (broad SMARTS) is 1. The molecule has 3 atom stereocenters. The third-order valence-electron chi connectivity index (χ3n) is 6.99. The quantitative estimate of drug-likeness (QED) is 0.504. The molecule has 2 aromatic carbocycles. The average Bonchev–Trinajstić information content (AvgIpc) is 3.10. The molecule has 9 nitrogen and oxygen atoms in total. The van der Waals surface area contributed by atoms with Gasteiger partial charge in [-0.3, -0.25) is 24.2 Å². The Morgan fingerprint density at radius 2 is 1.58 bits per heavy atom. The molecule has 3 rings (SSSR count). The molecule has 0 fully saturated rings. The summed E-state index contributed by atoms with van der Waals surface area (Å²) in [5.41, 5.74) is -0.515. The van der Waals surface area contributed by atoms with Crippen LogP contribution >= 0.6 is 0 Å². The van der Waals surface area contributed by atoms with E-state index in [0.29, 0.717) is 11.3 Å². The lowest BCUT2D eigenvalue weighted by Gasteiger charge is -2.35. The van der Waals surface area contributed by atoms with E-state index in [4.69, 9.17) is 0 Å². The van der Waals surface area contributed by atoms with Crippen LogP contribution in [0.25, 0.3) is 0 Å². The summed E-state index contributed by atoms with van der Waals surface area (Å²) in [7, 11) is 1.24. The van der Waals surface area contributed by atoms with Crippen molar-refractivity contribution in [3.8, 4) is 0 Å². The van der Waals surface area contributed by atoms with Crippen LogP contribution in [0.15, 0.2) is 42.5 Å². The van der Waals surface area contributed by atoms with E-state index in [1.165, 1.54) is 24.9 Å². The lowest BCUT2D eigenvalue weighted by atomic mass is 9.80. The molecule has 11 heteroatoms. The van der Waals surface area contributed by atoms with Crippen LogP contribution in [0.2, 0.25) is 0 Å². The number of benzene rings is 2. The lowest BCUT2D eigenvalue weighted by Crippen LogP contribution is -2.60. The second kappa shape index (κ2) is 10.8. The van der Waals surface area contributed by atoms with Crippen molar-refractivity contribution >= 4 is 35.2 Å². The number of fused-ring (bicyclic) bond motifs is 1. The molecule has 38 heavy (non-hydrogen) atoms. The minimum atomic E-state index is -1.31.